The molecule has 0 atom stereocenters. The lowest BCUT2D eigenvalue weighted by atomic mass is 10.2. The number of nitrogens with zero attached hydrogens (tertiary/aromatic N) is 2. The van der Waals surface area contributed by atoms with Gasteiger partial charge in [-0.05, 0) is 46.3 Å². The summed E-state index contributed by atoms with van der Waals surface area (Å²) >= 11 is 5.16. The third-order valence-corrected chi connectivity index (χ3v) is 4.17. The SMILES string of the molecule is CCCSCc1noc(-c2ccc(Br)c(N)c2)n1. The molecule has 0 aliphatic rings. The Morgan fingerprint density at radius 2 is 2.28 bits per heavy atom. The lowest BCUT2D eigenvalue weighted by molar-refractivity contribution is 0.425. The fourth-order valence-corrected chi connectivity index (χ4v) is 2.39. The highest BCUT2D eigenvalue weighted by molar-refractivity contribution is 9.10. The van der Waals surface area contributed by atoms with E-state index < -0.39 is 0 Å². The summed E-state index contributed by atoms with van der Waals surface area (Å²) in [7, 11) is 0. The minimum absolute atomic E-state index is 0.515. The molecule has 2 aromatic rings. The van der Waals surface area contributed by atoms with E-state index in [9.17, 15) is 0 Å². The number of benzene rings is 1. The summed E-state index contributed by atoms with van der Waals surface area (Å²) < 4.78 is 6.10. The van der Waals surface area contributed by atoms with Crippen LogP contribution in [0.25, 0.3) is 11.5 Å². The van der Waals surface area contributed by atoms with Crippen molar-refractivity contribution in [3.8, 4) is 11.5 Å². The molecule has 0 radical (unpaired) electrons. The van der Waals surface area contributed by atoms with Gasteiger partial charge in [0.1, 0.15) is 0 Å². The second-order valence-corrected chi connectivity index (χ2v) is 5.76. The van der Waals surface area contributed by atoms with Gasteiger partial charge in [0.05, 0.1) is 5.75 Å². The van der Waals surface area contributed by atoms with Crippen molar-refractivity contribution in [1.82, 2.24) is 10.1 Å². The summed E-state index contributed by atoms with van der Waals surface area (Å²) in [6.07, 6.45) is 1.15. The quantitative estimate of drug-likeness (QED) is 0.669. The molecule has 0 saturated carbocycles. The summed E-state index contributed by atoms with van der Waals surface area (Å²) in [6.45, 7) is 2.15. The van der Waals surface area contributed by atoms with Gasteiger partial charge in [-0.2, -0.15) is 16.7 Å². The molecule has 0 aliphatic carbocycles. The molecule has 0 aliphatic heterocycles. The molecule has 0 amide bonds. The van der Waals surface area contributed by atoms with Crippen LogP contribution in [0.4, 0.5) is 5.69 Å². The van der Waals surface area contributed by atoms with Crippen LogP contribution in [-0.2, 0) is 5.75 Å². The Morgan fingerprint density at radius 1 is 1.44 bits per heavy atom. The Hall–Kier alpha value is -1.01. The molecule has 96 valence electrons. The second kappa shape index (κ2) is 6.24. The number of aromatic nitrogens is 2. The first kappa shape index (κ1) is 13.4. The molecule has 4 nitrogen and oxygen atoms in total. The molecule has 1 aromatic heterocycles. The van der Waals surface area contributed by atoms with Crippen molar-refractivity contribution in [3.05, 3.63) is 28.5 Å². The minimum Gasteiger partial charge on any atom is -0.398 e. The Balaban J connectivity index is 2.11. The lowest BCUT2D eigenvalue weighted by Crippen LogP contribution is -1.88. The van der Waals surface area contributed by atoms with E-state index >= 15 is 0 Å². The molecule has 0 spiro atoms. The molecule has 2 N–H and O–H groups in total. The molecular formula is C12H14BrN3OS. The third kappa shape index (κ3) is 3.26. The fourth-order valence-electron chi connectivity index (χ4n) is 1.41. The molecule has 0 bridgehead atoms. The fraction of sp³-hybridized carbons (Fsp3) is 0.333. The van der Waals surface area contributed by atoms with Gasteiger partial charge in [0, 0.05) is 15.7 Å². The highest BCUT2D eigenvalue weighted by Crippen LogP contribution is 2.26. The molecular weight excluding hydrogens is 314 g/mol. The van der Waals surface area contributed by atoms with Crippen molar-refractivity contribution in [2.75, 3.05) is 11.5 Å². The number of halogens is 1. The maximum absolute atomic E-state index is 5.82. The van der Waals surface area contributed by atoms with Gasteiger partial charge in [-0.15, -0.1) is 0 Å². The van der Waals surface area contributed by atoms with E-state index in [4.69, 9.17) is 10.3 Å². The van der Waals surface area contributed by atoms with Crippen LogP contribution in [0.5, 0.6) is 0 Å². The van der Waals surface area contributed by atoms with Crippen molar-refractivity contribution in [1.29, 1.82) is 0 Å². The van der Waals surface area contributed by atoms with Crippen molar-refractivity contribution >= 4 is 33.4 Å². The van der Waals surface area contributed by atoms with E-state index in [1.165, 1.54) is 0 Å². The number of nitrogen functional groups attached to an aromatic ring is 1. The Kier molecular flexibility index (Phi) is 4.66. The van der Waals surface area contributed by atoms with Crippen LogP contribution < -0.4 is 5.73 Å². The molecule has 6 heteroatoms. The first-order valence-corrected chi connectivity index (χ1v) is 7.61. The molecule has 0 unspecified atom stereocenters. The van der Waals surface area contributed by atoms with Crippen LogP contribution in [0.1, 0.15) is 19.2 Å². The Bertz CT molecular complexity index is 530. The smallest absolute Gasteiger partial charge is 0.258 e. The number of hydrogen-bond donors (Lipinski definition) is 1. The largest absolute Gasteiger partial charge is 0.398 e. The van der Waals surface area contributed by atoms with E-state index in [2.05, 4.69) is 33.0 Å². The molecule has 0 saturated heterocycles. The van der Waals surface area contributed by atoms with E-state index in [0.717, 1.165) is 33.8 Å². The van der Waals surface area contributed by atoms with E-state index in [1.807, 2.05) is 18.2 Å². The predicted molar refractivity (Wildman–Crippen MR) is 78.3 cm³/mol. The van der Waals surface area contributed by atoms with E-state index in [0.29, 0.717) is 11.6 Å². The van der Waals surface area contributed by atoms with Gasteiger partial charge in [-0.25, -0.2) is 0 Å². The highest BCUT2D eigenvalue weighted by Gasteiger charge is 2.09. The van der Waals surface area contributed by atoms with Crippen molar-refractivity contribution in [2.24, 2.45) is 0 Å². The average Bonchev–Trinajstić information content (AvgIpc) is 2.82. The average molecular weight is 328 g/mol. The maximum Gasteiger partial charge on any atom is 0.258 e. The zero-order chi connectivity index (χ0) is 13.0. The number of rotatable bonds is 5. The number of hydrogen-bond acceptors (Lipinski definition) is 5. The molecule has 1 heterocycles. The zero-order valence-electron chi connectivity index (χ0n) is 10.0. The number of anilines is 1. The topological polar surface area (TPSA) is 64.9 Å². The van der Waals surface area contributed by atoms with Crippen molar-refractivity contribution in [2.45, 2.75) is 19.1 Å². The summed E-state index contributed by atoms with van der Waals surface area (Å²) in [5, 5.41) is 3.96. The van der Waals surface area contributed by atoms with Crippen LogP contribution in [0.2, 0.25) is 0 Å². The second-order valence-electron chi connectivity index (χ2n) is 3.80. The summed E-state index contributed by atoms with van der Waals surface area (Å²) in [4.78, 5) is 4.35. The first-order chi connectivity index (χ1) is 8.70. The predicted octanol–water partition coefficient (Wildman–Crippen LogP) is 3.72. The molecule has 18 heavy (non-hydrogen) atoms. The Morgan fingerprint density at radius 3 is 3.00 bits per heavy atom. The number of nitrogens with two attached hydrogens (primary N) is 1. The first-order valence-electron chi connectivity index (χ1n) is 5.66. The van der Waals surface area contributed by atoms with Gasteiger partial charge in [0.15, 0.2) is 5.82 Å². The minimum atomic E-state index is 0.515. The van der Waals surface area contributed by atoms with Crippen LogP contribution in [0.15, 0.2) is 27.2 Å². The molecule has 1 aromatic carbocycles. The van der Waals surface area contributed by atoms with Gasteiger partial charge in [0.2, 0.25) is 0 Å². The van der Waals surface area contributed by atoms with Gasteiger partial charge in [0.25, 0.3) is 5.89 Å². The van der Waals surface area contributed by atoms with Crippen molar-refractivity contribution in [3.63, 3.8) is 0 Å². The lowest BCUT2D eigenvalue weighted by Gasteiger charge is -1.99. The van der Waals surface area contributed by atoms with Gasteiger partial charge in [-0.1, -0.05) is 12.1 Å². The summed E-state index contributed by atoms with van der Waals surface area (Å²) in [5.74, 6) is 3.13. The molecule has 2 rings (SSSR count). The van der Waals surface area contributed by atoms with Crippen LogP contribution in [0, 0.1) is 0 Å². The summed E-state index contributed by atoms with van der Waals surface area (Å²) in [5.41, 5.74) is 7.32. The summed E-state index contributed by atoms with van der Waals surface area (Å²) in [6, 6.07) is 5.60. The van der Waals surface area contributed by atoms with Crippen LogP contribution in [-0.4, -0.2) is 15.9 Å². The Labute approximate surface area is 118 Å². The number of thioether (sulfide) groups is 1. The third-order valence-electron chi connectivity index (χ3n) is 2.29. The zero-order valence-corrected chi connectivity index (χ0v) is 12.4. The van der Waals surface area contributed by atoms with Crippen molar-refractivity contribution < 1.29 is 4.52 Å². The molecule has 0 fully saturated rings. The van der Waals surface area contributed by atoms with Crippen LogP contribution in [0.3, 0.4) is 0 Å². The van der Waals surface area contributed by atoms with E-state index in [1.54, 1.807) is 11.8 Å². The van der Waals surface area contributed by atoms with Crippen LogP contribution >= 0.6 is 27.7 Å². The van der Waals surface area contributed by atoms with Gasteiger partial charge >= 0.3 is 0 Å². The van der Waals surface area contributed by atoms with Gasteiger partial charge in [-0.3, -0.25) is 0 Å². The monoisotopic (exact) mass is 327 g/mol. The van der Waals surface area contributed by atoms with E-state index in [-0.39, 0.29) is 0 Å². The maximum atomic E-state index is 5.82. The normalized spacial score (nSPS) is 10.8. The van der Waals surface area contributed by atoms with Gasteiger partial charge < -0.3 is 10.3 Å². The highest BCUT2D eigenvalue weighted by atomic mass is 79.9. The standard InChI is InChI=1S/C12H14BrN3OS/c1-2-5-18-7-11-15-12(17-16-11)8-3-4-9(13)10(14)6-8/h3-4,6H,2,5,7,14H2,1H3.